The maximum absolute atomic E-state index is 12.5. The standard InChI is InChI=1S/C30H34N4O3/c1-3-32(4-2)30(35)36-25-14-15-27-29(19-25)37-28-11-6-5-10-26(28)34(27)24-17-22-12-13-23(18-24)33(22)20-21-9-7-8-16-31-21/h5-11,14-16,19,22-24H,3-4,12-13,17-18,20H2,1-2H3. The number of pyridine rings is 1. The number of hydrogen-bond acceptors (Lipinski definition) is 6. The predicted octanol–water partition coefficient (Wildman–Crippen LogP) is 6.36. The smallest absolute Gasteiger partial charge is 0.415 e. The van der Waals surface area contributed by atoms with Gasteiger partial charge in [0, 0.05) is 50.0 Å². The molecular weight excluding hydrogens is 464 g/mol. The normalized spacial score (nSPS) is 22.1. The lowest BCUT2D eigenvalue weighted by Gasteiger charge is -2.45. The van der Waals surface area contributed by atoms with Crippen molar-refractivity contribution >= 4 is 17.5 Å². The first-order valence-corrected chi connectivity index (χ1v) is 13.5. The van der Waals surface area contributed by atoms with Crippen molar-refractivity contribution in [3.63, 3.8) is 0 Å². The van der Waals surface area contributed by atoms with Gasteiger partial charge in [-0.05, 0) is 75.9 Å². The Balaban J connectivity index is 1.27. The minimum atomic E-state index is -0.338. The van der Waals surface area contributed by atoms with Crippen molar-refractivity contribution in [2.24, 2.45) is 0 Å². The molecule has 4 heterocycles. The fourth-order valence-electron chi connectivity index (χ4n) is 6.26. The first kappa shape index (κ1) is 23.8. The fraction of sp³-hybridized carbons (Fsp3) is 0.400. The van der Waals surface area contributed by atoms with Gasteiger partial charge in [0.15, 0.2) is 11.5 Å². The highest BCUT2D eigenvalue weighted by Crippen LogP contribution is 2.51. The van der Waals surface area contributed by atoms with Crippen LogP contribution in [0.4, 0.5) is 16.2 Å². The molecule has 1 amide bonds. The lowest BCUT2D eigenvalue weighted by molar-refractivity contribution is 0.118. The van der Waals surface area contributed by atoms with Crippen LogP contribution in [-0.2, 0) is 6.54 Å². The number of anilines is 2. The molecule has 2 unspecified atom stereocenters. The topological polar surface area (TPSA) is 58.1 Å². The summed E-state index contributed by atoms with van der Waals surface area (Å²) in [5, 5.41) is 0. The first-order valence-electron chi connectivity index (χ1n) is 13.5. The Morgan fingerprint density at radius 2 is 1.68 bits per heavy atom. The van der Waals surface area contributed by atoms with Gasteiger partial charge in [-0.1, -0.05) is 18.2 Å². The average Bonchev–Trinajstić information content (AvgIpc) is 3.14. The van der Waals surface area contributed by atoms with E-state index in [9.17, 15) is 4.79 Å². The molecule has 0 radical (unpaired) electrons. The van der Waals surface area contributed by atoms with Gasteiger partial charge in [0.1, 0.15) is 5.75 Å². The Kier molecular flexibility index (Phi) is 6.47. The summed E-state index contributed by atoms with van der Waals surface area (Å²) in [6, 6.07) is 21.7. The van der Waals surface area contributed by atoms with E-state index >= 15 is 0 Å². The van der Waals surface area contributed by atoms with Crippen LogP contribution in [0.3, 0.4) is 0 Å². The Morgan fingerprint density at radius 3 is 2.41 bits per heavy atom. The molecule has 7 nitrogen and oxygen atoms in total. The molecule has 3 aliphatic heterocycles. The number of carbonyl (C=O) groups is 1. The van der Waals surface area contributed by atoms with E-state index in [0.717, 1.165) is 48.0 Å². The van der Waals surface area contributed by atoms with Crippen molar-refractivity contribution in [2.45, 2.75) is 64.2 Å². The summed E-state index contributed by atoms with van der Waals surface area (Å²) in [4.78, 5) is 23.9. The number of carbonyl (C=O) groups excluding carboxylic acids is 1. The molecule has 3 aliphatic rings. The van der Waals surface area contributed by atoms with Gasteiger partial charge in [0.05, 0.1) is 17.1 Å². The SMILES string of the molecule is CCN(CC)C(=O)Oc1ccc2c(c1)Oc1ccccc1N2C1CC2CCC(C1)N2Cc1ccccn1. The maximum atomic E-state index is 12.5. The second kappa shape index (κ2) is 10.1. The van der Waals surface area contributed by atoms with E-state index in [1.807, 2.05) is 56.4 Å². The molecule has 37 heavy (non-hydrogen) atoms. The van der Waals surface area contributed by atoms with Gasteiger partial charge in [-0.2, -0.15) is 0 Å². The minimum Gasteiger partial charge on any atom is -0.453 e. The number of rotatable bonds is 6. The third-order valence-electron chi connectivity index (χ3n) is 8.06. The minimum absolute atomic E-state index is 0.338. The zero-order chi connectivity index (χ0) is 25.4. The van der Waals surface area contributed by atoms with Crippen molar-refractivity contribution in [3.8, 4) is 17.2 Å². The van der Waals surface area contributed by atoms with E-state index in [1.54, 1.807) is 4.90 Å². The molecule has 2 saturated heterocycles. The van der Waals surface area contributed by atoms with Gasteiger partial charge >= 0.3 is 6.09 Å². The third kappa shape index (κ3) is 4.53. The summed E-state index contributed by atoms with van der Waals surface area (Å²) >= 11 is 0. The van der Waals surface area contributed by atoms with E-state index in [0.29, 0.717) is 37.0 Å². The van der Waals surface area contributed by atoms with Crippen LogP contribution in [0.2, 0.25) is 0 Å². The second-order valence-electron chi connectivity index (χ2n) is 10.1. The maximum Gasteiger partial charge on any atom is 0.415 e. The highest BCUT2D eigenvalue weighted by molar-refractivity contribution is 5.80. The van der Waals surface area contributed by atoms with Crippen LogP contribution >= 0.6 is 0 Å². The third-order valence-corrected chi connectivity index (χ3v) is 8.06. The molecule has 2 bridgehead atoms. The zero-order valence-electron chi connectivity index (χ0n) is 21.5. The number of fused-ring (bicyclic) bond motifs is 4. The summed E-state index contributed by atoms with van der Waals surface area (Å²) in [6.45, 7) is 6.04. The summed E-state index contributed by atoms with van der Waals surface area (Å²) in [5.74, 6) is 2.07. The Morgan fingerprint density at radius 1 is 0.946 bits per heavy atom. The summed E-state index contributed by atoms with van der Waals surface area (Å²) in [6.07, 6.45) is 6.19. The number of para-hydroxylation sites is 2. The molecule has 7 heteroatoms. The van der Waals surface area contributed by atoms with E-state index < -0.39 is 0 Å². The monoisotopic (exact) mass is 498 g/mol. The number of hydrogen-bond donors (Lipinski definition) is 0. The molecular formula is C30H34N4O3. The van der Waals surface area contributed by atoms with Crippen LogP contribution in [0.1, 0.15) is 45.2 Å². The molecule has 192 valence electrons. The Hall–Kier alpha value is -3.58. The lowest BCUT2D eigenvalue weighted by Crippen LogP contribution is -2.49. The van der Waals surface area contributed by atoms with E-state index in [4.69, 9.17) is 9.47 Å². The average molecular weight is 499 g/mol. The fourth-order valence-corrected chi connectivity index (χ4v) is 6.26. The van der Waals surface area contributed by atoms with Crippen molar-refractivity contribution in [2.75, 3.05) is 18.0 Å². The van der Waals surface area contributed by atoms with Gasteiger partial charge in [0.25, 0.3) is 0 Å². The molecule has 6 rings (SSSR count). The van der Waals surface area contributed by atoms with Crippen LogP contribution in [0.5, 0.6) is 17.2 Å². The molecule has 0 aliphatic carbocycles. The highest BCUT2D eigenvalue weighted by atomic mass is 16.6. The predicted molar refractivity (Wildman–Crippen MR) is 144 cm³/mol. The quantitative estimate of drug-likeness (QED) is 0.394. The van der Waals surface area contributed by atoms with Crippen LogP contribution < -0.4 is 14.4 Å². The van der Waals surface area contributed by atoms with Crippen molar-refractivity contribution in [1.29, 1.82) is 0 Å². The molecule has 1 aromatic heterocycles. The molecule has 2 fully saturated rings. The van der Waals surface area contributed by atoms with Crippen LogP contribution in [0, 0.1) is 0 Å². The summed E-state index contributed by atoms with van der Waals surface area (Å²) < 4.78 is 12.0. The number of benzene rings is 2. The molecule has 0 saturated carbocycles. The van der Waals surface area contributed by atoms with Gasteiger partial charge in [-0.3, -0.25) is 9.88 Å². The molecule has 2 aromatic carbocycles. The molecule has 0 N–H and O–H groups in total. The molecule has 3 aromatic rings. The Bertz CT molecular complexity index is 1250. The lowest BCUT2D eigenvalue weighted by atomic mass is 9.93. The first-order chi connectivity index (χ1) is 18.1. The van der Waals surface area contributed by atoms with Gasteiger partial charge in [-0.15, -0.1) is 0 Å². The summed E-state index contributed by atoms with van der Waals surface area (Å²) in [5.41, 5.74) is 3.28. The number of ether oxygens (including phenoxy) is 2. The van der Waals surface area contributed by atoms with E-state index in [1.165, 1.54) is 12.8 Å². The zero-order valence-corrected chi connectivity index (χ0v) is 21.5. The molecule has 0 spiro atoms. The number of piperidine rings is 1. The van der Waals surface area contributed by atoms with E-state index in [2.05, 4.69) is 39.0 Å². The number of nitrogens with zero attached hydrogens (tertiary/aromatic N) is 4. The number of aromatic nitrogens is 1. The van der Waals surface area contributed by atoms with Crippen LogP contribution in [0.15, 0.2) is 66.9 Å². The van der Waals surface area contributed by atoms with E-state index in [-0.39, 0.29) is 6.09 Å². The second-order valence-corrected chi connectivity index (χ2v) is 10.1. The van der Waals surface area contributed by atoms with Crippen molar-refractivity contribution in [3.05, 3.63) is 72.6 Å². The highest BCUT2D eigenvalue weighted by Gasteiger charge is 2.44. The van der Waals surface area contributed by atoms with Crippen molar-refractivity contribution in [1.82, 2.24) is 14.8 Å². The summed E-state index contributed by atoms with van der Waals surface area (Å²) in [7, 11) is 0. The van der Waals surface area contributed by atoms with Gasteiger partial charge < -0.3 is 19.3 Å². The van der Waals surface area contributed by atoms with Crippen LogP contribution in [0.25, 0.3) is 0 Å². The largest absolute Gasteiger partial charge is 0.453 e. The van der Waals surface area contributed by atoms with Crippen LogP contribution in [-0.4, -0.2) is 52.1 Å². The van der Waals surface area contributed by atoms with Gasteiger partial charge in [-0.25, -0.2) is 4.79 Å². The van der Waals surface area contributed by atoms with Crippen molar-refractivity contribution < 1.29 is 14.3 Å². The number of amides is 1. The van der Waals surface area contributed by atoms with Gasteiger partial charge in [0.2, 0.25) is 0 Å². The Labute approximate surface area is 218 Å². The molecule has 2 atom stereocenters.